The number of rotatable bonds is 5. The Kier molecular flexibility index (Phi) is 8.30. The van der Waals surface area contributed by atoms with Crippen LogP contribution >= 0.6 is 0 Å². The Balaban J connectivity index is 0.00000137. The summed E-state index contributed by atoms with van der Waals surface area (Å²) in [5, 5.41) is 0. The summed E-state index contributed by atoms with van der Waals surface area (Å²) in [7, 11) is 2.08. The van der Waals surface area contributed by atoms with Gasteiger partial charge in [0, 0.05) is 18.2 Å². The molecule has 0 radical (unpaired) electrons. The summed E-state index contributed by atoms with van der Waals surface area (Å²) in [5.74, 6) is 0. The van der Waals surface area contributed by atoms with E-state index >= 15 is 0 Å². The number of benzene rings is 1. The lowest BCUT2D eigenvalue weighted by Crippen LogP contribution is -2.26. The quantitative estimate of drug-likeness (QED) is 0.737. The van der Waals surface area contributed by atoms with E-state index < -0.39 is 0 Å². The second-order valence-electron chi connectivity index (χ2n) is 4.51. The van der Waals surface area contributed by atoms with E-state index in [0.29, 0.717) is 6.04 Å². The topological polar surface area (TPSA) is 20.3 Å². The van der Waals surface area contributed by atoms with Gasteiger partial charge in [-0.25, -0.2) is 0 Å². The number of aryl methyl sites for hydroxylation is 1. The van der Waals surface area contributed by atoms with Crippen LogP contribution in [0.3, 0.4) is 0 Å². The Labute approximate surface area is 112 Å². The number of carbonyl (C=O) groups excluding carboxylic acids is 1. The summed E-state index contributed by atoms with van der Waals surface area (Å²) in [4.78, 5) is 13.3. The van der Waals surface area contributed by atoms with Crippen LogP contribution in [-0.2, 0) is 13.0 Å². The van der Waals surface area contributed by atoms with Gasteiger partial charge in [0.1, 0.15) is 6.29 Å². The zero-order valence-corrected chi connectivity index (χ0v) is 12.7. The molecule has 0 unspecified atom stereocenters. The zero-order chi connectivity index (χ0) is 14.1. The summed E-state index contributed by atoms with van der Waals surface area (Å²) < 4.78 is 0. The Morgan fingerprint density at radius 2 is 1.89 bits per heavy atom. The van der Waals surface area contributed by atoms with Crippen molar-refractivity contribution < 1.29 is 4.79 Å². The molecule has 0 aliphatic carbocycles. The Bertz CT molecular complexity index is 358. The third-order valence-electron chi connectivity index (χ3n) is 3.05. The van der Waals surface area contributed by atoms with Crippen molar-refractivity contribution in [3.05, 3.63) is 34.9 Å². The normalized spacial score (nSPS) is 10.2. The number of hydrogen-bond donors (Lipinski definition) is 0. The average molecular weight is 249 g/mol. The number of carbonyl (C=O) groups is 1. The lowest BCUT2D eigenvalue weighted by molar-refractivity contribution is 0.112. The summed E-state index contributed by atoms with van der Waals surface area (Å²) in [6.07, 6.45) is 1.93. The molecule has 0 N–H and O–H groups in total. The smallest absolute Gasteiger partial charge is 0.150 e. The fourth-order valence-electron chi connectivity index (χ4n) is 1.57. The van der Waals surface area contributed by atoms with Crippen LogP contribution in [0.25, 0.3) is 0 Å². The minimum Gasteiger partial charge on any atom is -0.300 e. The first-order chi connectivity index (χ1) is 8.58. The molecule has 0 spiro atoms. The highest BCUT2D eigenvalue weighted by Crippen LogP contribution is 2.14. The number of nitrogens with zero attached hydrogens (tertiary/aromatic N) is 1. The van der Waals surface area contributed by atoms with Crippen molar-refractivity contribution in [1.82, 2.24) is 4.90 Å². The third kappa shape index (κ3) is 5.01. The van der Waals surface area contributed by atoms with Gasteiger partial charge in [0.15, 0.2) is 0 Å². The van der Waals surface area contributed by atoms with Crippen LogP contribution in [0.5, 0.6) is 0 Å². The molecule has 2 heteroatoms. The first-order valence-corrected chi connectivity index (χ1v) is 6.85. The van der Waals surface area contributed by atoms with Gasteiger partial charge >= 0.3 is 0 Å². The van der Waals surface area contributed by atoms with Crippen molar-refractivity contribution >= 4 is 6.29 Å². The lowest BCUT2D eigenvalue weighted by atomic mass is 10.0. The predicted octanol–water partition coefficient (Wildman–Crippen LogP) is 3.93. The molecular weight excluding hydrogens is 222 g/mol. The van der Waals surface area contributed by atoms with Crippen molar-refractivity contribution in [2.75, 3.05) is 7.05 Å². The Morgan fingerprint density at radius 1 is 1.28 bits per heavy atom. The van der Waals surface area contributed by atoms with E-state index in [1.54, 1.807) is 0 Å². The van der Waals surface area contributed by atoms with Gasteiger partial charge < -0.3 is 0 Å². The van der Waals surface area contributed by atoms with Crippen molar-refractivity contribution in [3.63, 3.8) is 0 Å². The third-order valence-corrected chi connectivity index (χ3v) is 3.05. The number of aldehydes is 1. The van der Waals surface area contributed by atoms with E-state index in [0.717, 1.165) is 30.4 Å². The molecule has 0 saturated heterocycles. The van der Waals surface area contributed by atoms with Crippen molar-refractivity contribution in [2.45, 2.75) is 53.6 Å². The molecule has 0 aromatic heterocycles. The molecule has 1 rings (SSSR count). The molecule has 1 aromatic rings. The molecule has 0 heterocycles. The summed E-state index contributed by atoms with van der Waals surface area (Å²) >= 11 is 0. The molecule has 1 aromatic carbocycles. The van der Waals surface area contributed by atoms with E-state index in [2.05, 4.69) is 44.9 Å². The molecule has 2 nitrogen and oxygen atoms in total. The minimum atomic E-state index is 0.491. The molecule has 0 aliphatic rings. The Morgan fingerprint density at radius 3 is 2.33 bits per heavy atom. The summed E-state index contributed by atoms with van der Waals surface area (Å²) in [6.45, 7) is 11.2. The maximum atomic E-state index is 11.0. The molecule has 0 fully saturated rings. The van der Waals surface area contributed by atoms with Gasteiger partial charge in [0.2, 0.25) is 0 Å². The largest absolute Gasteiger partial charge is 0.300 e. The van der Waals surface area contributed by atoms with Crippen LogP contribution in [0, 0.1) is 0 Å². The van der Waals surface area contributed by atoms with Crippen LogP contribution in [0.15, 0.2) is 18.2 Å². The fourth-order valence-corrected chi connectivity index (χ4v) is 1.57. The maximum Gasteiger partial charge on any atom is 0.150 e. The van der Waals surface area contributed by atoms with Crippen LogP contribution < -0.4 is 0 Å². The molecule has 0 bridgehead atoms. The second kappa shape index (κ2) is 8.87. The number of hydrogen-bond acceptors (Lipinski definition) is 2. The van der Waals surface area contributed by atoms with Gasteiger partial charge in [-0.2, -0.15) is 0 Å². The molecule has 0 aliphatic heterocycles. The first kappa shape index (κ1) is 16.9. The van der Waals surface area contributed by atoms with Crippen LogP contribution in [0.4, 0.5) is 0 Å². The molecule has 18 heavy (non-hydrogen) atoms. The van der Waals surface area contributed by atoms with E-state index in [4.69, 9.17) is 0 Å². The standard InChI is InChI=1S/C14H21NO.C2H6/c1-5-12-6-7-13(14(8-12)10-16)9-15(4)11(2)3;1-2/h6-8,10-11H,5,9H2,1-4H3;1-2H3. The molecule has 0 atom stereocenters. The summed E-state index contributed by atoms with van der Waals surface area (Å²) in [5.41, 5.74) is 3.16. The summed E-state index contributed by atoms with van der Waals surface area (Å²) in [6, 6.07) is 6.67. The van der Waals surface area contributed by atoms with Crippen molar-refractivity contribution in [2.24, 2.45) is 0 Å². The van der Waals surface area contributed by atoms with E-state index in [-0.39, 0.29) is 0 Å². The van der Waals surface area contributed by atoms with Crippen LogP contribution in [0.1, 0.15) is 56.1 Å². The molecule has 0 amide bonds. The fraction of sp³-hybridized carbons (Fsp3) is 0.562. The van der Waals surface area contributed by atoms with Gasteiger partial charge in [-0.3, -0.25) is 9.69 Å². The van der Waals surface area contributed by atoms with Crippen molar-refractivity contribution in [1.29, 1.82) is 0 Å². The van der Waals surface area contributed by atoms with E-state index in [1.807, 2.05) is 19.9 Å². The second-order valence-corrected chi connectivity index (χ2v) is 4.51. The SMILES string of the molecule is CC.CCc1ccc(CN(C)C(C)C)c(C=O)c1. The lowest BCUT2D eigenvalue weighted by Gasteiger charge is -2.21. The van der Waals surface area contributed by atoms with Gasteiger partial charge in [-0.05, 0) is 44.5 Å². The van der Waals surface area contributed by atoms with Gasteiger partial charge in [-0.1, -0.05) is 32.9 Å². The van der Waals surface area contributed by atoms with Gasteiger partial charge in [0.25, 0.3) is 0 Å². The zero-order valence-electron chi connectivity index (χ0n) is 12.7. The highest BCUT2D eigenvalue weighted by molar-refractivity contribution is 5.77. The first-order valence-electron chi connectivity index (χ1n) is 6.85. The molecular formula is C16H27NO. The molecule has 0 saturated carbocycles. The maximum absolute atomic E-state index is 11.0. The monoisotopic (exact) mass is 249 g/mol. The highest BCUT2D eigenvalue weighted by Gasteiger charge is 2.08. The molecule has 102 valence electrons. The minimum absolute atomic E-state index is 0.491. The predicted molar refractivity (Wildman–Crippen MR) is 79.2 cm³/mol. The van der Waals surface area contributed by atoms with E-state index in [1.165, 1.54) is 5.56 Å². The van der Waals surface area contributed by atoms with Crippen LogP contribution in [-0.4, -0.2) is 24.3 Å². The average Bonchev–Trinajstić information content (AvgIpc) is 2.41. The van der Waals surface area contributed by atoms with Crippen molar-refractivity contribution in [3.8, 4) is 0 Å². The highest BCUT2D eigenvalue weighted by atomic mass is 16.1. The van der Waals surface area contributed by atoms with Gasteiger partial charge in [-0.15, -0.1) is 0 Å². The van der Waals surface area contributed by atoms with Gasteiger partial charge in [0.05, 0.1) is 0 Å². The van der Waals surface area contributed by atoms with E-state index in [9.17, 15) is 4.79 Å². The Hall–Kier alpha value is -1.15. The van der Waals surface area contributed by atoms with Crippen LogP contribution in [0.2, 0.25) is 0 Å².